The molecule has 0 spiro atoms. The number of hydrogen-bond acceptors (Lipinski definition) is 4. The van der Waals surface area contributed by atoms with Crippen molar-refractivity contribution in [1.29, 1.82) is 0 Å². The fourth-order valence-electron chi connectivity index (χ4n) is 2.41. The van der Waals surface area contributed by atoms with E-state index in [-0.39, 0.29) is 11.5 Å². The highest BCUT2D eigenvalue weighted by Gasteiger charge is 2.09. The number of benzene rings is 2. The van der Waals surface area contributed by atoms with Crippen LogP contribution in [0.25, 0.3) is 6.08 Å². The van der Waals surface area contributed by atoms with Crippen LogP contribution in [0, 0.1) is 10.1 Å². The number of ketones is 1. The molecule has 2 rings (SSSR count). The van der Waals surface area contributed by atoms with E-state index in [2.05, 4.69) is 0 Å². The molecule has 26 heavy (non-hydrogen) atoms. The van der Waals surface area contributed by atoms with E-state index < -0.39 is 4.92 Å². The second-order valence-electron chi connectivity index (χ2n) is 5.46. The molecule has 0 aromatic heterocycles. The Labute approximate surface area is 162 Å². The number of rotatable bonds is 9. The highest BCUT2D eigenvalue weighted by Crippen LogP contribution is 2.18. The van der Waals surface area contributed by atoms with Gasteiger partial charge in [0.1, 0.15) is 0 Å². The van der Waals surface area contributed by atoms with Crippen molar-refractivity contribution < 1.29 is 9.72 Å². The second kappa shape index (κ2) is 9.94. The number of non-ortho nitro benzene ring substituents is 1. The maximum Gasteiger partial charge on any atom is 0.269 e. The Morgan fingerprint density at radius 3 is 2.31 bits per heavy atom. The lowest BCUT2D eigenvalue weighted by Gasteiger charge is -2.23. The molecule has 0 radical (unpaired) electrons. The SMILES string of the molecule is O=C(/C=C/c1ccc([N+](=O)[O-])cc1)c1cccc(N(CCCl)CCCl)c1. The first-order chi connectivity index (χ1) is 12.5. The molecule has 0 unspecified atom stereocenters. The minimum absolute atomic E-state index is 0.0138. The minimum atomic E-state index is -0.461. The molecular formula is C19H18Cl2N2O3. The molecule has 0 aliphatic carbocycles. The van der Waals surface area contributed by atoms with Gasteiger partial charge in [-0.25, -0.2) is 0 Å². The van der Waals surface area contributed by atoms with Crippen molar-refractivity contribution in [3.8, 4) is 0 Å². The molecule has 136 valence electrons. The van der Waals surface area contributed by atoms with Crippen molar-refractivity contribution >= 4 is 46.4 Å². The Morgan fingerprint density at radius 1 is 1.08 bits per heavy atom. The zero-order chi connectivity index (χ0) is 18.9. The summed E-state index contributed by atoms with van der Waals surface area (Å²) in [7, 11) is 0. The Hall–Kier alpha value is -2.37. The number of nitrogens with zero attached hydrogens (tertiary/aromatic N) is 2. The standard InChI is InChI=1S/C19H18Cl2N2O3/c20-10-12-22(13-11-21)18-3-1-2-16(14-18)19(24)9-6-15-4-7-17(8-5-15)23(25)26/h1-9,14H,10-13H2/b9-6+. The van der Waals surface area contributed by atoms with Crippen LogP contribution in [0.3, 0.4) is 0 Å². The highest BCUT2D eigenvalue weighted by atomic mass is 35.5. The minimum Gasteiger partial charge on any atom is -0.369 e. The van der Waals surface area contributed by atoms with Crippen LogP contribution in [0.4, 0.5) is 11.4 Å². The number of hydrogen-bond donors (Lipinski definition) is 0. The van der Waals surface area contributed by atoms with Gasteiger partial charge in [-0.2, -0.15) is 0 Å². The van der Waals surface area contributed by atoms with E-state index in [9.17, 15) is 14.9 Å². The summed E-state index contributed by atoms with van der Waals surface area (Å²) < 4.78 is 0. The van der Waals surface area contributed by atoms with Gasteiger partial charge in [0.15, 0.2) is 5.78 Å². The van der Waals surface area contributed by atoms with Gasteiger partial charge in [0.05, 0.1) is 4.92 Å². The third-order valence-corrected chi connectivity index (χ3v) is 4.07. The van der Waals surface area contributed by atoms with E-state index in [1.807, 2.05) is 23.1 Å². The fourth-order valence-corrected chi connectivity index (χ4v) is 2.81. The van der Waals surface area contributed by atoms with Crippen LogP contribution in [-0.4, -0.2) is 35.6 Å². The van der Waals surface area contributed by atoms with Crippen molar-refractivity contribution in [2.24, 2.45) is 0 Å². The summed E-state index contributed by atoms with van der Waals surface area (Å²) in [5.41, 5.74) is 2.17. The molecule has 5 nitrogen and oxygen atoms in total. The normalized spacial score (nSPS) is 10.8. The third-order valence-electron chi connectivity index (χ3n) is 3.74. The summed E-state index contributed by atoms with van der Waals surface area (Å²) in [5, 5.41) is 10.7. The van der Waals surface area contributed by atoms with Crippen LogP contribution < -0.4 is 4.90 Å². The third kappa shape index (κ3) is 5.58. The van der Waals surface area contributed by atoms with E-state index in [0.717, 1.165) is 5.69 Å². The molecule has 2 aromatic rings. The quantitative estimate of drug-likeness (QED) is 0.202. The number of carbonyl (C=O) groups is 1. The first-order valence-electron chi connectivity index (χ1n) is 7.99. The predicted octanol–water partition coefficient (Wildman–Crippen LogP) is 4.77. The monoisotopic (exact) mass is 392 g/mol. The molecule has 0 heterocycles. The van der Waals surface area contributed by atoms with Gasteiger partial charge in [-0.15, -0.1) is 23.2 Å². The number of allylic oxidation sites excluding steroid dienone is 1. The zero-order valence-electron chi connectivity index (χ0n) is 14.0. The van der Waals surface area contributed by atoms with Crippen LogP contribution in [0.15, 0.2) is 54.6 Å². The van der Waals surface area contributed by atoms with E-state index in [4.69, 9.17) is 23.2 Å². The van der Waals surface area contributed by atoms with Gasteiger partial charge in [-0.3, -0.25) is 14.9 Å². The van der Waals surface area contributed by atoms with Gasteiger partial charge in [0.25, 0.3) is 5.69 Å². The lowest BCUT2D eigenvalue weighted by Crippen LogP contribution is -2.27. The van der Waals surface area contributed by atoms with Gasteiger partial charge in [-0.1, -0.05) is 18.2 Å². The van der Waals surface area contributed by atoms with E-state index in [1.165, 1.54) is 18.2 Å². The maximum absolute atomic E-state index is 12.4. The Morgan fingerprint density at radius 2 is 1.73 bits per heavy atom. The van der Waals surface area contributed by atoms with Crippen LogP contribution in [0.1, 0.15) is 15.9 Å². The van der Waals surface area contributed by atoms with Gasteiger partial charge >= 0.3 is 0 Å². The molecule has 0 aliphatic rings. The Kier molecular flexibility index (Phi) is 7.63. The molecule has 0 N–H and O–H groups in total. The number of carbonyl (C=O) groups excluding carboxylic acids is 1. The Balaban J connectivity index is 2.13. The molecule has 2 aromatic carbocycles. The number of halogens is 2. The maximum atomic E-state index is 12.4. The summed E-state index contributed by atoms with van der Waals surface area (Å²) in [6, 6.07) is 13.3. The molecule has 7 heteroatoms. The predicted molar refractivity (Wildman–Crippen MR) is 107 cm³/mol. The van der Waals surface area contributed by atoms with Gasteiger partial charge in [-0.05, 0) is 35.9 Å². The van der Waals surface area contributed by atoms with Crippen LogP contribution in [0.5, 0.6) is 0 Å². The number of alkyl halides is 2. The fraction of sp³-hybridized carbons (Fsp3) is 0.211. The van der Waals surface area contributed by atoms with E-state index >= 15 is 0 Å². The average molecular weight is 393 g/mol. The van der Waals surface area contributed by atoms with Crippen LogP contribution in [0.2, 0.25) is 0 Å². The summed E-state index contributed by atoms with van der Waals surface area (Å²) in [6.07, 6.45) is 3.09. The molecule has 0 atom stereocenters. The number of anilines is 1. The van der Waals surface area contributed by atoms with Crippen LogP contribution >= 0.6 is 23.2 Å². The molecule has 0 fully saturated rings. The summed E-state index contributed by atoms with van der Waals surface area (Å²) >= 11 is 11.7. The first kappa shape index (κ1) is 19.9. The van der Waals surface area contributed by atoms with Crippen molar-refractivity contribution in [2.45, 2.75) is 0 Å². The van der Waals surface area contributed by atoms with E-state index in [0.29, 0.717) is 36.0 Å². The van der Waals surface area contributed by atoms with Gasteiger partial charge in [0, 0.05) is 48.2 Å². The van der Waals surface area contributed by atoms with Crippen molar-refractivity contribution in [2.75, 3.05) is 29.7 Å². The summed E-state index contributed by atoms with van der Waals surface area (Å²) in [6.45, 7) is 1.29. The number of nitro benzene ring substituents is 1. The summed E-state index contributed by atoms with van der Waals surface area (Å²) in [5.74, 6) is 0.784. The zero-order valence-corrected chi connectivity index (χ0v) is 15.5. The molecular weight excluding hydrogens is 375 g/mol. The second-order valence-corrected chi connectivity index (χ2v) is 6.22. The molecule has 0 saturated heterocycles. The van der Waals surface area contributed by atoms with E-state index in [1.54, 1.807) is 24.3 Å². The first-order valence-corrected chi connectivity index (χ1v) is 9.06. The largest absolute Gasteiger partial charge is 0.369 e. The van der Waals surface area contributed by atoms with Crippen LogP contribution in [-0.2, 0) is 0 Å². The Bertz CT molecular complexity index is 786. The lowest BCUT2D eigenvalue weighted by atomic mass is 10.1. The number of nitro groups is 1. The van der Waals surface area contributed by atoms with Gasteiger partial charge in [0.2, 0.25) is 0 Å². The lowest BCUT2D eigenvalue weighted by molar-refractivity contribution is -0.384. The van der Waals surface area contributed by atoms with Gasteiger partial charge < -0.3 is 4.90 Å². The molecule has 0 amide bonds. The van der Waals surface area contributed by atoms with Crippen molar-refractivity contribution in [3.05, 3.63) is 75.8 Å². The summed E-state index contributed by atoms with van der Waals surface area (Å²) in [4.78, 5) is 24.6. The highest BCUT2D eigenvalue weighted by molar-refractivity contribution is 6.18. The molecule has 0 saturated carbocycles. The smallest absolute Gasteiger partial charge is 0.269 e. The average Bonchev–Trinajstić information content (AvgIpc) is 2.66. The van der Waals surface area contributed by atoms with Crippen molar-refractivity contribution in [1.82, 2.24) is 0 Å². The molecule has 0 bridgehead atoms. The molecule has 0 aliphatic heterocycles. The van der Waals surface area contributed by atoms with Crippen molar-refractivity contribution in [3.63, 3.8) is 0 Å². The topological polar surface area (TPSA) is 63.4 Å².